The van der Waals surface area contributed by atoms with E-state index in [1.165, 1.54) is 38.5 Å². The van der Waals surface area contributed by atoms with Crippen LogP contribution in [0.4, 0.5) is 0 Å². The van der Waals surface area contributed by atoms with Gasteiger partial charge in [0, 0.05) is 5.54 Å². The Morgan fingerprint density at radius 3 is 2.08 bits per heavy atom. The first-order valence-electron chi connectivity index (χ1n) is 5.66. The summed E-state index contributed by atoms with van der Waals surface area (Å²) in [7, 11) is 0. The number of hydrogen-bond acceptors (Lipinski definition) is 1. The average Bonchev–Trinajstić information content (AvgIpc) is 2.01. The maximum atomic E-state index is 4.01. The van der Waals surface area contributed by atoms with Gasteiger partial charge in [-0.05, 0) is 33.7 Å². The molecule has 0 fully saturated rings. The number of rotatable bonds is 8. The Morgan fingerprint density at radius 2 is 1.54 bits per heavy atom. The predicted molar refractivity (Wildman–Crippen MR) is 60.8 cm³/mol. The molecule has 0 aromatic heterocycles. The smallest absolute Gasteiger partial charge is 0.0125 e. The van der Waals surface area contributed by atoms with Crippen LogP contribution in [0.3, 0.4) is 0 Å². The van der Waals surface area contributed by atoms with Gasteiger partial charge in [0.15, 0.2) is 0 Å². The Labute approximate surface area is 84.3 Å². The van der Waals surface area contributed by atoms with Crippen LogP contribution in [0.25, 0.3) is 0 Å². The molecule has 0 saturated carbocycles. The lowest BCUT2D eigenvalue weighted by Gasteiger charge is -2.20. The van der Waals surface area contributed by atoms with E-state index in [4.69, 9.17) is 0 Å². The van der Waals surface area contributed by atoms with E-state index < -0.39 is 0 Å². The monoisotopic (exact) mass is 184 g/mol. The summed E-state index contributed by atoms with van der Waals surface area (Å²) < 4.78 is 0. The lowest BCUT2D eigenvalue weighted by atomic mass is 10.1. The minimum absolute atomic E-state index is 0.0451. The Balaban J connectivity index is 3.00. The summed E-state index contributed by atoms with van der Waals surface area (Å²) >= 11 is 0. The first-order chi connectivity index (χ1) is 6.06. The molecule has 1 nitrogen and oxygen atoms in total. The fourth-order valence-electron chi connectivity index (χ4n) is 1.33. The zero-order chi connectivity index (χ0) is 10.2. The van der Waals surface area contributed by atoms with Crippen LogP contribution in [0.2, 0.25) is 0 Å². The first kappa shape index (κ1) is 13.0. The van der Waals surface area contributed by atoms with E-state index in [0.717, 1.165) is 6.54 Å². The van der Waals surface area contributed by atoms with E-state index >= 15 is 0 Å². The van der Waals surface area contributed by atoms with E-state index in [0.29, 0.717) is 0 Å². The molecule has 0 saturated heterocycles. The van der Waals surface area contributed by atoms with Gasteiger partial charge in [-0.25, -0.2) is 0 Å². The van der Waals surface area contributed by atoms with Crippen molar-refractivity contribution >= 4 is 0 Å². The minimum atomic E-state index is 0.0451. The average molecular weight is 184 g/mol. The molecule has 0 heterocycles. The molecule has 0 atom stereocenters. The molecule has 0 spiro atoms. The standard InChI is InChI=1S/C12H26N/c1-5-6-7-8-9-10-11-13-12(2,3)4/h13H,2,5-11H2,1,3-4H3. The van der Waals surface area contributed by atoms with Gasteiger partial charge in [-0.3, -0.25) is 0 Å². The second-order valence-corrected chi connectivity index (χ2v) is 4.58. The van der Waals surface area contributed by atoms with Crippen LogP contribution < -0.4 is 5.32 Å². The van der Waals surface area contributed by atoms with Crippen molar-refractivity contribution in [3.63, 3.8) is 0 Å². The molecule has 79 valence electrons. The van der Waals surface area contributed by atoms with E-state index in [1.807, 2.05) is 0 Å². The van der Waals surface area contributed by atoms with Crippen LogP contribution in [-0.2, 0) is 0 Å². The van der Waals surface area contributed by atoms with E-state index in [-0.39, 0.29) is 5.54 Å². The van der Waals surface area contributed by atoms with Gasteiger partial charge in [0.1, 0.15) is 0 Å². The highest BCUT2D eigenvalue weighted by atomic mass is 14.9. The second-order valence-electron chi connectivity index (χ2n) is 4.58. The summed E-state index contributed by atoms with van der Waals surface area (Å²) in [6.45, 7) is 11.6. The van der Waals surface area contributed by atoms with Crippen molar-refractivity contribution < 1.29 is 0 Å². The van der Waals surface area contributed by atoms with Gasteiger partial charge in [-0.1, -0.05) is 39.0 Å². The van der Waals surface area contributed by atoms with Crippen molar-refractivity contribution in [3.05, 3.63) is 6.92 Å². The summed E-state index contributed by atoms with van der Waals surface area (Å²) in [5.41, 5.74) is 0.0451. The third-order valence-corrected chi connectivity index (χ3v) is 2.13. The van der Waals surface area contributed by atoms with Gasteiger partial charge in [-0.15, -0.1) is 0 Å². The summed E-state index contributed by atoms with van der Waals surface area (Å²) in [6.07, 6.45) is 8.20. The zero-order valence-corrected chi connectivity index (χ0v) is 9.66. The normalized spacial score (nSPS) is 12.0. The van der Waals surface area contributed by atoms with Crippen molar-refractivity contribution in [2.45, 2.75) is 64.8 Å². The fraction of sp³-hybridized carbons (Fsp3) is 0.917. The lowest BCUT2D eigenvalue weighted by molar-refractivity contribution is 0.454. The quantitative estimate of drug-likeness (QED) is 0.569. The third kappa shape index (κ3) is 12.0. The topological polar surface area (TPSA) is 12.0 Å². The molecule has 1 heteroatoms. The van der Waals surface area contributed by atoms with Gasteiger partial charge in [0.05, 0.1) is 0 Å². The van der Waals surface area contributed by atoms with Crippen LogP contribution in [0.15, 0.2) is 0 Å². The molecule has 0 aliphatic rings. The third-order valence-electron chi connectivity index (χ3n) is 2.13. The summed E-state index contributed by atoms with van der Waals surface area (Å²) in [4.78, 5) is 0. The van der Waals surface area contributed by atoms with E-state index in [9.17, 15) is 0 Å². The molecule has 0 aromatic rings. The van der Waals surface area contributed by atoms with Crippen LogP contribution in [0.1, 0.15) is 59.3 Å². The highest BCUT2D eigenvalue weighted by Crippen LogP contribution is 2.05. The Kier molecular flexibility index (Phi) is 7.35. The molecule has 0 rings (SSSR count). The predicted octanol–water partition coefficient (Wildman–Crippen LogP) is 3.55. The second kappa shape index (κ2) is 7.37. The highest BCUT2D eigenvalue weighted by Gasteiger charge is 2.06. The molecule has 0 aliphatic carbocycles. The molecule has 0 bridgehead atoms. The van der Waals surface area contributed by atoms with Crippen molar-refractivity contribution in [1.29, 1.82) is 0 Å². The molecule has 0 amide bonds. The maximum absolute atomic E-state index is 4.01. The van der Waals surface area contributed by atoms with Crippen molar-refractivity contribution in [1.82, 2.24) is 5.32 Å². The Morgan fingerprint density at radius 1 is 1.00 bits per heavy atom. The maximum Gasteiger partial charge on any atom is 0.0125 e. The Bertz CT molecular complexity index is 102. The van der Waals surface area contributed by atoms with Gasteiger partial charge in [0.25, 0.3) is 0 Å². The summed E-state index contributed by atoms with van der Waals surface area (Å²) in [6, 6.07) is 0. The van der Waals surface area contributed by atoms with Gasteiger partial charge in [-0.2, -0.15) is 0 Å². The molecular weight excluding hydrogens is 158 g/mol. The van der Waals surface area contributed by atoms with Gasteiger partial charge < -0.3 is 5.32 Å². The zero-order valence-electron chi connectivity index (χ0n) is 9.66. The van der Waals surface area contributed by atoms with Crippen LogP contribution in [0.5, 0.6) is 0 Å². The molecule has 1 N–H and O–H groups in total. The molecule has 13 heavy (non-hydrogen) atoms. The fourth-order valence-corrected chi connectivity index (χ4v) is 1.33. The van der Waals surface area contributed by atoms with Crippen molar-refractivity contribution in [2.75, 3.05) is 6.54 Å². The van der Waals surface area contributed by atoms with Crippen LogP contribution in [0, 0.1) is 6.92 Å². The summed E-state index contributed by atoms with van der Waals surface area (Å²) in [5, 5.41) is 3.40. The first-order valence-corrected chi connectivity index (χ1v) is 5.66. The summed E-state index contributed by atoms with van der Waals surface area (Å²) in [5.74, 6) is 0. The molecule has 0 aromatic carbocycles. The lowest BCUT2D eigenvalue weighted by Crippen LogP contribution is -2.36. The van der Waals surface area contributed by atoms with Crippen LogP contribution in [-0.4, -0.2) is 12.1 Å². The van der Waals surface area contributed by atoms with E-state index in [1.54, 1.807) is 0 Å². The molecular formula is C12H26N. The van der Waals surface area contributed by atoms with Gasteiger partial charge >= 0.3 is 0 Å². The van der Waals surface area contributed by atoms with Crippen molar-refractivity contribution in [2.24, 2.45) is 0 Å². The number of unbranched alkanes of at least 4 members (excludes halogenated alkanes) is 5. The molecule has 0 aliphatic heterocycles. The minimum Gasteiger partial charge on any atom is -0.312 e. The Hall–Kier alpha value is -0.0400. The number of nitrogens with one attached hydrogen (secondary N) is 1. The number of hydrogen-bond donors (Lipinski definition) is 1. The van der Waals surface area contributed by atoms with Gasteiger partial charge in [0.2, 0.25) is 0 Å². The molecule has 0 unspecified atom stereocenters. The SMILES string of the molecule is [CH2]C(C)(C)NCCCCCCCC. The molecule has 1 radical (unpaired) electrons. The van der Waals surface area contributed by atoms with Crippen LogP contribution >= 0.6 is 0 Å². The largest absolute Gasteiger partial charge is 0.312 e. The highest BCUT2D eigenvalue weighted by molar-refractivity contribution is 4.79. The van der Waals surface area contributed by atoms with Crippen molar-refractivity contribution in [3.8, 4) is 0 Å². The van der Waals surface area contributed by atoms with E-state index in [2.05, 4.69) is 33.0 Å².